The van der Waals surface area contributed by atoms with Crippen molar-refractivity contribution in [1.82, 2.24) is 16.0 Å². The zero-order valence-electron chi connectivity index (χ0n) is 11.1. The number of rotatable bonds is 8. The predicted octanol–water partition coefficient (Wildman–Crippen LogP) is -0.964. The van der Waals surface area contributed by atoms with Gasteiger partial charge in [-0.1, -0.05) is 13.3 Å². The van der Waals surface area contributed by atoms with Crippen molar-refractivity contribution in [2.75, 3.05) is 13.2 Å². The third-order valence-corrected chi connectivity index (χ3v) is 2.35. The first-order valence-corrected chi connectivity index (χ1v) is 6.10. The molecular formula is C11H21N3O5. The van der Waals surface area contributed by atoms with Gasteiger partial charge in [-0.2, -0.15) is 0 Å². The first-order chi connectivity index (χ1) is 8.92. The van der Waals surface area contributed by atoms with Crippen LogP contribution >= 0.6 is 0 Å². The number of unbranched alkanes of at least 4 members (excludes halogenated alkanes) is 1. The Hall–Kier alpha value is -1.83. The third-order valence-electron chi connectivity index (χ3n) is 2.35. The zero-order chi connectivity index (χ0) is 14.8. The van der Waals surface area contributed by atoms with Crippen molar-refractivity contribution in [2.45, 2.75) is 38.8 Å². The van der Waals surface area contributed by atoms with E-state index in [2.05, 4.69) is 16.0 Å². The van der Waals surface area contributed by atoms with Gasteiger partial charge in [0, 0.05) is 6.54 Å². The Balaban J connectivity index is 4.12. The van der Waals surface area contributed by atoms with Crippen LogP contribution in [-0.4, -0.2) is 53.4 Å². The highest BCUT2D eigenvalue weighted by molar-refractivity contribution is 5.89. The highest BCUT2D eigenvalue weighted by atomic mass is 16.4. The highest BCUT2D eigenvalue weighted by Crippen LogP contribution is 1.88. The summed E-state index contributed by atoms with van der Waals surface area (Å²) in [6.45, 7) is 3.20. The molecule has 8 heteroatoms. The third kappa shape index (κ3) is 7.24. The molecule has 8 nitrogen and oxygen atoms in total. The van der Waals surface area contributed by atoms with Crippen LogP contribution in [-0.2, 0) is 9.59 Å². The number of carbonyl (C=O) groups is 3. The minimum atomic E-state index is -1.38. The van der Waals surface area contributed by atoms with Gasteiger partial charge < -0.3 is 26.2 Å². The molecule has 0 aliphatic heterocycles. The molecular weight excluding hydrogens is 254 g/mol. The summed E-state index contributed by atoms with van der Waals surface area (Å²) in [5, 5.41) is 24.5. The summed E-state index contributed by atoms with van der Waals surface area (Å²) in [7, 11) is 0. The van der Waals surface area contributed by atoms with Gasteiger partial charge >= 0.3 is 12.0 Å². The quantitative estimate of drug-likeness (QED) is 0.364. The van der Waals surface area contributed by atoms with Crippen LogP contribution < -0.4 is 16.0 Å². The van der Waals surface area contributed by atoms with E-state index in [-0.39, 0.29) is 0 Å². The topological polar surface area (TPSA) is 128 Å². The van der Waals surface area contributed by atoms with Gasteiger partial charge in [0.05, 0.1) is 6.61 Å². The molecule has 0 fully saturated rings. The number of carboxylic acid groups (broad SMARTS) is 1. The molecule has 3 amide bonds. The fourth-order valence-corrected chi connectivity index (χ4v) is 1.17. The minimum absolute atomic E-state index is 0.494. The number of nitrogens with one attached hydrogen (secondary N) is 3. The van der Waals surface area contributed by atoms with Crippen molar-refractivity contribution < 1.29 is 24.6 Å². The van der Waals surface area contributed by atoms with E-state index in [1.165, 1.54) is 6.92 Å². The molecule has 0 aliphatic carbocycles. The van der Waals surface area contributed by atoms with Crippen molar-refractivity contribution in [1.29, 1.82) is 0 Å². The summed E-state index contributed by atoms with van der Waals surface area (Å²) in [6.07, 6.45) is 1.77. The van der Waals surface area contributed by atoms with Crippen LogP contribution in [0, 0.1) is 0 Å². The number of hydrogen-bond donors (Lipinski definition) is 5. The summed E-state index contributed by atoms with van der Waals surface area (Å²) >= 11 is 0. The van der Waals surface area contributed by atoms with Crippen LogP contribution in [0.2, 0.25) is 0 Å². The lowest BCUT2D eigenvalue weighted by molar-refractivity contribution is -0.143. The van der Waals surface area contributed by atoms with Gasteiger partial charge in [0.1, 0.15) is 12.1 Å². The molecule has 0 bridgehead atoms. The first kappa shape index (κ1) is 17.2. The van der Waals surface area contributed by atoms with E-state index in [1.54, 1.807) is 0 Å². The van der Waals surface area contributed by atoms with Gasteiger partial charge in [-0.15, -0.1) is 0 Å². The predicted molar refractivity (Wildman–Crippen MR) is 67.6 cm³/mol. The normalized spacial score (nSPS) is 13.2. The summed E-state index contributed by atoms with van der Waals surface area (Å²) in [6, 6.07) is -2.76. The van der Waals surface area contributed by atoms with Gasteiger partial charge in [-0.3, -0.25) is 4.79 Å². The Morgan fingerprint density at radius 3 is 2.32 bits per heavy atom. The number of carbonyl (C=O) groups excluding carboxylic acids is 2. The van der Waals surface area contributed by atoms with E-state index < -0.39 is 36.6 Å². The molecule has 1 unspecified atom stereocenters. The average Bonchev–Trinajstić information content (AvgIpc) is 2.35. The highest BCUT2D eigenvalue weighted by Gasteiger charge is 2.22. The smallest absolute Gasteiger partial charge is 0.328 e. The van der Waals surface area contributed by atoms with E-state index in [0.29, 0.717) is 6.54 Å². The van der Waals surface area contributed by atoms with Crippen molar-refractivity contribution in [3.8, 4) is 0 Å². The van der Waals surface area contributed by atoms with Crippen molar-refractivity contribution in [3.63, 3.8) is 0 Å². The second kappa shape index (κ2) is 9.15. The molecule has 0 aliphatic rings. The molecule has 0 heterocycles. The average molecular weight is 275 g/mol. The largest absolute Gasteiger partial charge is 0.480 e. The lowest BCUT2D eigenvalue weighted by Crippen LogP contribution is -2.53. The SMILES string of the molecule is CCCCNC(=O)N[C@@H](C)C(=O)NC(CO)C(=O)O. The fraction of sp³-hybridized carbons (Fsp3) is 0.727. The van der Waals surface area contributed by atoms with Crippen LogP contribution in [0.15, 0.2) is 0 Å². The second-order valence-corrected chi connectivity index (χ2v) is 4.06. The van der Waals surface area contributed by atoms with Crippen LogP contribution in [0.25, 0.3) is 0 Å². The monoisotopic (exact) mass is 275 g/mol. The van der Waals surface area contributed by atoms with Gasteiger partial charge in [0.25, 0.3) is 0 Å². The summed E-state index contributed by atoms with van der Waals surface area (Å²) in [4.78, 5) is 33.5. The number of aliphatic hydroxyl groups excluding tert-OH is 1. The molecule has 19 heavy (non-hydrogen) atoms. The molecule has 0 rings (SSSR count). The molecule has 5 N–H and O–H groups in total. The Bertz CT molecular complexity index is 321. The van der Waals surface area contributed by atoms with E-state index >= 15 is 0 Å². The van der Waals surface area contributed by atoms with E-state index in [4.69, 9.17) is 10.2 Å². The van der Waals surface area contributed by atoms with Gasteiger partial charge in [0.2, 0.25) is 5.91 Å². The van der Waals surface area contributed by atoms with Crippen molar-refractivity contribution >= 4 is 17.9 Å². The summed E-state index contributed by atoms with van der Waals surface area (Å²) < 4.78 is 0. The molecule has 0 spiro atoms. The van der Waals surface area contributed by atoms with Crippen molar-refractivity contribution in [2.24, 2.45) is 0 Å². The maximum absolute atomic E-state index is 11.6. The number of urea groups is 1. The summed E-state index contributed by atoms with van der Waals surface area (Å²) in [5.41, 5.74) is 0. The maximum atomic E-state index is 11.6. The lowest BCUT2D eigenvalue weighted by atomic mass is 10.2. The molecule has 2 atom stereocenters. The van der Waals surface area contributed by atoms with Crippen LogP contribution in [0.1, 0.15) is 26.7 Å². The number of carboxylic acids is 1. The minimum Gasteiger partial charge on any atom is -0.480 e. The molecule has 0 saturated carbocycles. The molecule has 0 saturated heterocycles. The lowest BCUT2D eigenvalue weighted by Gasteiger charge is -2.17. The van der Waals surface area contributed by atoms with Crippen LogP contribution in [0.3, 0.4) is 0 Å². The first-order valence-electron chi connectivity index (χ1n) is 6.10. The number of hydrogen-bond acceptors (Lipinski definition) is 4. The van der Waals surface area contributed by atoms with E-state index in [0.717, 1.165) is 12.8 Å². The molecule has 0 radical (unpaired) electrons. The standard InChI is InChI=1S/C11H21N3O5/c1-3-4-5-12-11(19)13-7(2)9(16)14-8(6-15)10(17)18/h7-8,15H,3-6H2,1-2H3,(H,14,16)(H,17,18)(H2,12,13,19)/t7-,8?/m0/s1. The zero-order valence-corrected chi connectivity index (χ0v) is 11.1. The second-order valence-electron chi connectivity index (χ2n) is 4.06. The van der Waals surface area contributed by atoms with Crippen LogP contribution in [0.4, 0.5) is 4.79 Å². The Morgan fingerprint density at radius 2 is 1.84 bits per heavy atom. The number of aliphatic carboxylic acids is 1. The van der Waals surface area contributed by atoms with Crippen LogP contribution in [0.5, 0.6) is 0 Å². The molecule has 0 aromatic carbocycles. The molecule has 0 aromatic rings. The van der Waals surface area contributed by atoms with E-state index in [1.807, 2.05) is 6.92 Å². The molecule has 0 aromatic heterocycles. The van der Waals surface area contributed by atoms with Gasteiger partial charge in [-0.05, 0) is 13.3 Å². The van der Waals surface area contributed by atoms with Crippen molar-refractivity contribution in [3.05, 3.63) is 0 Å². The number of aliphatic hydroxyl groups is 1. The summed E-state index contributed by atoms with van der Waals surface area (Å²) in [5.74, 6) is -2.01. The Morgan fingerprint density at radius 1 is 1.21 bits per heavy atom. The van der Waals surface area contributed by atoms with Gasteiger partial charge in [0.15, 0.2) is 0 Å². The Kier molecular flexibility index (Phi) is 8.27. The molecule has 110 valence electrons. The maximum Gasteiger partial charge on any atom is 0.328 e. The van der Waals surface area contributed by atoms with E-state index in [9.17, 15) is 14.4 Å². The van der Waals surface area contributed by atoms with Gasteiger partial charge in [-0.25, -0.2) is 9.59 Å². The number of amides is 3. The fourth-order valence-electron chi connectivity index (χ4n) is 1.17. The Labute approximate surface area is 111 Å².